The molecule has 1 heterocycles. The van der Waals surface area contributed by atoms with Crippen LogP contribution in [0.25, 0.3) is 0 Å². The first kappa shape index (κ1) is 18.8. The van der Waals surface area contributed by atoms with Crippen molar-refractivity contribution >= 4 is 34.2 Å². The second kappa shape index (κ2) is 8.16. The predicted molar refractivity (Wildman–Crippen MR) is 112 cm³/mol. The summed E-state index contributed by atoms with van der Waals surface area (Å²) in [6.45, 7) is 3.59. The molecule has 6 heteroatoms. The van der Waals surface area contributed by atoms with Gasteiger partial charge in [0.25, 0.3) is 5.91 Å². The van der Waals surface area contributed by atoms with E-state index >= 15 is 0 Å². The topological polar surface area (TPSA) is 50.8 Å². The third kappa shape index (κ3) is 3.75. The molecule has 0 aliphatic carbocycles. The van der Waals surface area contributed by atoms with Crippen LogP contribution in [0.3, 0.4) is 0 Å². The lowest BCUT2D eigenvalue weighted by atomic mass is 10.1. The maximum atomic E-state index is 12.6. The summed E-state index contributed by atoms with van der Waals surface area (Å²) in [4.78, 5) is 15.0. The Kier molecular flexibility index (Phi) is 5.90. The van der Waals surface area contributed by atoms with Crippen molar-refractivity contribution in [3.05, 3.63) is 51.1 Å². The van der Waals surface area contributed by atoms with E-state index in [1.807, 2.05) is 6.07 Å². The summed E-state index contributed by atoms with van der Waals surface area (Å²) >= 11 is 2.14. The Balaban J connectivity index is 1.65. The minimum Gasteiger partial charge on any atom is -0.493 e. The van der Waals surface area contributed by atoms with Crippen molar-refractivity contribution in [2.75, 3.05) is 32.2 Å². The smallest absolute Gasteiger partial charge is 0.252 e. The number of nitrogens with zero attached hydrogens (tertiary/aromatic N) is 1. The zero-order valence-electron chi connectivity index (χ0n) is 15.2. The first-order chi connectivity index (χ1) is 12.5. The third-order valence-electron chi connectivity index (χ3n) is 4.70. The molecule has 1 amide bonds. The SMILES string of the molecule is COc1cc(I)c(C(=O)NCCN2c3ccccc3CC2C)cc1OC. The van der Waals surface area contributed by atoms with Gasteiger partial charge in [-0.15, -0.1) is 0 Å². The molecule has 138 valence electrons. The van der Waals surface area contributed by atoms with Crippen molar-refractivity contribution in [2.45, 2.75) is 19.4 Å². The number of amides is 1. The molecule has 3 rings (SSSR count). The second-order valence-corrected chi connectivity index (χ2v) is 7.48. The summed E-state index contributed by atoms with van der Waals surface area (Å²) in [6.07, 6.45) is 1.05. The normalized spacial score (nSPS) is 15.5. The van der Waals surface area contributed by atoms with E-state index in [0.717, 1.165) is 16.5 Å². The molecule has 1 unspecified atom stereocenters. The highest BCUT2D eigenvalue weighted by Crippen LogP contribution is 2.32. The molecular formula is C20H23IN2O3. The van der Waals surface area contributed by atoms with Gasteiger partial charge in [-0.25, -0.2) is 0 Å². The van der Waals surface area contributed by atoms with Gasteiger partial charge in [0.15, 0.2) is 11.5 Å². The maximum Gasteiger partial charge on any atom is 0.252 e. The number of hydrogen-bond donors (Lipinski definition) is 1. The number of benzene rings is 2. The minimum absolute atomic E-state index is 0.101. The average Bonchev–Trinajstić information content (AvgIpc) is 2.96. The van der Waals surface area contributed by atoms with Crippen LogP contribution in [0, 0.1) is 3.57 Å². The van der Waals surface area contributed by atoms with Crippen LogP contribution in [-0.2, 0) is 6.42 Å². The number of anilines is 1. The lowest BCUT2D eigenvalue weighted by Crippen LogP contribution is -2.38. The van der Waals surface area contributed by atoms with Gasteiger partial charge in [0.1, 0.15) is 0 Å². The molecule has 0 saturated carbocycles. The highest BCUT2D eigenvalue weighted by molar-refractivity contribution is 14.1. The number of para-hydroxylation sites is 1. The van der Waals surface area contributed by atoms with E-state index in [4.69, 9.17) is 9.47 Å². The van der Waals surface area contributed by atoms with Crippen molar-refractivity contribution in [2.24, 2.45) is 0 Å². The number of nitrogens with one attached hydrogen (secondary N) is 1. The fraction of sp³-hybridized carbons (Fsp3) is 0.350. The molecule has 1 aliphatic heterocycles. The Bertz CT molecular complexity index is 810. The number of rotatable bonds is 6. The molecule has 5 nitrogen and oxygen atoms in total. The number of ether oxygens (including phenoxy) is 2. The minimum atomic E-state index is -0.101. The van der Waals surface area contributed by atoms with Gasteiger partial charge < -0.3 is 19.7 Å². The van der Waals surface area contributed by atoms with Crippen LogP contribution in [0.1, 0.15) is 22.8 Å². The lowest BCUT2D eigenvalue weighted by molar-refractivity contribution is 0.0953. The van der Waals surface area contributed by atoms with Gasteiger partial charge in [-0.2, -0.15) is 0 Å². The summed E-state index contributed by atoms with van der Waals surface area (Å²) in [6, 6.07) is 12.5. The van der Waals surface area contributed by atoms with Gasteiger partial charge in [-0.1, -0.05) is 18.2 Å². The van der Waals surface area contributed by atoms with Crippen LogP contribution in [0.15, 0.2) is 36.4 Å². The maximum absolute atomic E-state index is 12.6. The molecule has 0 spiro atoms. The van der Waals surface area contributed by atoms with Crippen molar-refractivity contribution in [1.29, 1.82) is 0 Å². The largest absolute Gasteiger partial charge is 0.493 e. The van der Waals surface area contributed by atoms with Crippen LogP contribution in [0.5, 0.6) is 11.5 Å². The molecule has 1 N–H and O–H groups in total. The molecule has 0 aromatic heterocycles. The number of methoxy groups -OCH3 is 2. The van der Waals surface area contributed by atoms with Crippen LogP contribution in [0.4, 0.5) is 5.69 Å². The summed E-state index contributed by atoms with van der Waals surface area (Å²) in [5, 5.41) is 3.03. The van der Waals surface area contributed by atoms with Crippen LogP contribution in [0.2, 0.25) is 0 Å². The summed E-state index contributed by atoms with van der Waals surface area (Å²) in [7, 11) is 3.15. The highest BCUT2D eigenvalue weighted by atomic mass is 127. The van der Waals surface area contributed by atoms with Crippen molar-refractivity contribution < 1.29 is 14.3 Å². The van der Waals surface area contributed by atoms with Crippen molar-refractivity contribution in [1.82, 2.24) is 5.32 Å². The van der Waals surface area contributed by atoms with E-state index in [0.29, 0.717) is 29.6 Å². The molecule has 2 aromatic rings. The van der Waals surface area contributed by atoms with E-state index < -0.39 is 0 Å². The van der Waals surface area contributed by atoms with Gasteiger partial charge >= 0.3 is 0 Å². The number of carbonyl (C=O) groups excluding carboxylic acids is 1. The van der Waals surface area contributed by atoms with E-state index in [-0.39, 0.29) is 5.91 Å². The monoisotopic (exact) mass is 466 g/mol. The quantitative estimate of drug-likeness (QED) is 0.663. The Morgan fingerprint density at radius 1 is 1.23 bits per heavy atom. The van der Waals surface area contributed by atoms with Crippen LogP contribution in [-0.4, -0.2) is 39.3 Å². The van der Waals surface area contributed by atoms with Crippen molar-refractivity contribution in [3.8, 4) is 11.5 Å². The second-order valence-electron chi connectivity index (χ2n) is 6.32. The molecule has 0 saturated heterocycles. The van der Waals surface area contributed by atoms with Crippen LogP contribution >= 0.6 is 22.6 Å². The molecule has 26 heavy (non-hydrogen) atoms. The Morgan fingerprint density at radius 2 is 1.92 bits per heavy atom. The van der Waals surface area contributed by atoms with E-state index in [2.05, 4.69) is 64.0 Å². The molecular weight excluding hydrogens is 443 g/mol. The third-order valence-corrected chi connectivity index (χ3v) is 5.60. The number of carbonyl (C=O) groups is 1. The highest BCUT2D eigenvalue weighted by Gasteiger charge is 2.25. The number of fused-ring (bicyclic) bond motifs is 1. The average molecular weight is 466 g/mol. The number of halogens is 1. The fourth-order valence-electron chi connectivity index (χ4n) is 3.38. The van der Waals surface area contributed by atoms with E-state index in [1.165, 1.54) is 11.3 Å². The molecule has 0 fully saturated rings. The van der Waals surface area contributed by atoms with Crippen LogP contribution < -0.4 is 19.7 Å². The number of hydrogen-bond acceptors (Lipinski definition) is 4. The summed E-state index contributed by atoms with van der Waals surface area (Å²) in [5.74, 6) is 1.08. The standard InChI is InChI=1S/C20H23IN2O3/c1-13-10-14-6-4-5-7-17(14)23(13)9-8-22-20(24)15-11-18(25-2)19(26-3)12-16(15)21/h4-7,11-13H,8-10H2,1-3H3,(H,22,24). The van der Waals surface area contributed by atoms with Gasteiger partial charge in [-0.05, 0) is 59.7 Å². The first-order valence-corrected chi connectivity index (χ1v) is 9.67. The van der Waals surface area contributed by atoms with Gasteiger partial charge in [0, 0.05) is 28.4 Å². The molecule has 1 atom stereocenters. The fourth-order valence-corrected chi connectivity index (χ4v) is 4.07. The van der Waals surface area contributed by atoms with E-state index in [1.54, 1.807) is 20.3 Å². The molecule has 2 aromatic carbocycles. The Labute approximate surface area is 167 Å². The van der Waals surface area contributed by atoms with Crippen molar-refractivity contribution in [3.63, 3.8) is 0 Å². The summed E-state index contributed by atoms with van der Waals surface area (Å²) in [5.41, 5.74) is 3.24. The lowest BCUT2D eigenvalue weighted by Gasteiger charge is -2.25. The zero-order chi connectivity index (χ0) is 18.7. The Morgan fingerprint density at radius 3 is 2.65 bits per heavy atom. The predicted octanol–water partition coefficient (Wildman–Crippen LogP) is 3.49. The first-order valence-electron chi connectivity index (χ1n) is 8.59. The Hall–Kier alpha value is -1.96. The molecule has 1 aliphatic rings. The van der Waals surface area contributed by atoms with Gasteiger partial charge in [0.2, 0.25) is 0 Å². The van der Waals surface area contributed by atoms with E-state index in [9.17, 15) is 4.79 Å². The van der Waals surface area contributed by atoms with Gasteiger partial charge in [-0.3, -0.25) is 4.79 Å². The molecule has 0 bridgehead atoms. The van der Waals surface area contributed by atoms with Gasteiger partial charge in [0.05, 0.1) is 19.8 Å². The molecule has 0 radical (unpaired) electrons. The summed E-state index contributed by atoms with van der Waals surface area (Å²) < 4.78 is 11.4. The zero-order valence-corrected chi connectivity index (χ0v) is 17.4.